The molecular weight excluding hydrogens is 378 g/mol. The Kier molecular flexibility index (Phi) is 4.12. The predicted molar refractivity (Wildman–Crippen MR) is 102 cm³/mol. The Morgan fingerprint density at radius 1 is 1.20 bits per heavy atom. The number of aromatic nitrogens is 2. The summed E-state index contributed by atoms with van der Waals surface area (Å²) in [5.41, 5.74) is 1.76. The molecule has 0 aliphatic rings. The molecule has 0 saturated carbocycles. The van der Waals surface area contributed by atoms with Gasteiger partial charge in [0.1, 0.15) is 0 Å². The molecule has 4 aromatic rings. The van der Waals surface area contributed by atoms with Crippen molar-refractivity contribution in [1.82, 2.24) is 10.2 Å². The highest BCUT2D eigenvalue weighted by atomic mass is 35.5. The van der Waals surface area contributed by atoms with Crippen molar-refractivity contribution >= 4 is 61.8 Å². The van der Waals surface area contributed by atoms with Crippen LogP contribution in [0, 0.1) is 0 Å². The summed E-state index contributed by atoms with van der Waals surface area (Å²) >= 11 is 9.00. The molecule has 1 aromatic carbocycles. The van der Waals surface area contributed by atoms with E-state index in [1.807, 2.05) is 41.1 Å². The van der Waals surface area contributed by atoms with E-state index in [0.717, 1.165) is 21.5 Å². The SMILES string of the molecule is O=C(O)c1nnc(Nc2ccsc2)c2cc(-c3cccc(Cl)c3)sc12. The Morgan fingerprint density at radius 3 is 2.80 bits per heavy atom. The molecule has 25 heavy (non-hydrogen) atoms. The summed E-state index contributed by atoms with van der Waals surface area (Å²) < 4.78 is 0.579. The van der Waals surface area contributed by atoms with E-state index in [-0.39, 0.29) is 5.69 Å². The second-order valence-electron chi connectivity index (χ2n) is 5.20. The van der Waals surface area contributed by atoms with Gasteiger partial charge < -0.3 is 10.4 Å². The van der Waals surface area contributed by atoms with Crippen LogP contribution in [0.1, 0.15) is 10.5 Å². The number of carboxylic acids is 1. The number of nitrogens with zero attached hydrogens (tertiary/aromatic N) is 2. The van der Waals surface area contributed by atoms with E-state index >= 15 is 0 Å². The molecule has 0 unspecified atom stereocenters. The number of rotatable bonds is 4. The lowest BCUT2D eigenvalue weighted by atomic mass is 10.1. The van der Waals surface area contributed by atoms with Crippen molar-refractivity contribution in [3.05, 3.63) is 57.9 Å². The van der Waals surface area contributed by atoms with Crippen molar-refractivity contribution in [2.24, 2.45) is 0 Å². The van der Waals surface area contributed by atoms with Gasteiger partial charge in [-0.1, -0.05) is 23.7 Å². The summed E-state index contributed by atoms with van der Waals surface area (Å²) in [5, 5.41) is 25.8. The number of halogens is 1. The maximum absolute atomic E-state index is 11.5. The van der Waals surface area contributed by atoms with E-state index in [1.165, 1.54) is 11.3 Å². The molecule has 0 radical (unpaired) electrons. The minimum Gasteiger partial charge on any atom is -0.476 e. The number of benzene rings is 1. The van der Waals surface area contributed by atoms with Gasteiger partial charge in [-0.05, 0) is 35.2 Å². The molecule has 0 spiro atoms. The summed E-state index contributed by atoms with van der Waals surface area (Å²) in [6.45, 7) is 0. The van der Waals surface area contributed by atoms with E-state index in [9.17, 15) is 9.90 Å². The maximum atomic E-state index is 11.5. The minimum atomic E-state index is -1.10. The smallest absolute Gasteiger partial charge is 0.357 e. The number of carboxylic acid groups (broad SMARTS) is 1. The van der Waals surface area contributed by atoms with Crippen molar-refractivity contribution in [3.8, 4) is 10.4 Å². The number of thiophene rings is 2. The van der Waals surface area contributed by atoms with Crippen LogP contribution in [-0.2, 0) is 0 Å². The lowest BCUT2D eigenvalue weighted by molar-refractivity contribution is 0.0692. The van der Waals surface area contributed by atoms with Gasteiger partial charge in [0.05, 0.1) is 10.4 Å². The summed E-state index contributed by atoms with van der Waals surface area (Å²) in [5.74, 6) is -0.568. The molecule has 3 heterocycles. The summed E-state index contributed by atoms with van der Waals surface area (Å²) in [6, 6.07) is 11.3. The highest BCUT2D eigenvalue weighted by Crippen LogP contribution is 2.38. The second kappa shape index (κ2) is 6.44. The van der Waals surface area contributed by atoms with Crippen LogP contribution in [0.15, 0.2) is 47.2 Å². The van der Waals surface area contributed by atoms with Crippen LogP contribution < -0.4 is 5.32 Å². The zero-order valence-electron chi connectivity index (χ0n) is 12.6. The van der Waals surface area contributed by atoms with Crippen LogP contribution in [0.4, 0.5) is 11.5 Å². The Hall–Kier alpha value is -2.48. The van der Waals surface area contributed by atoms with Gasteiger partial charge in [-0.15, -0.1) is 21.5 Å². The zero-order chi connectivity index (χ0) is 17.4. The molecule has 0 amide bonds. The van der Waals surface area contributed by atoms with Crippen molar-refractivity contribution in [3.63, 3.8) is 0 Å². The first-order valence-corrected chi connectivity index (χ1v) is 9.34. The van der Waals surface area contributed by atoms with Crippen LogP contribution >= 0.6 is 34.3 Å². The third kappa shape index (κ3) is 3.09. The van der Waals surface area contributed by atoms with Crippen LogP contribution in [-0.4, -0.2) is 21.3 Å². The Morgan fingerprint density at radius 2 is 2.08 bits per heavy atom. The fraction of sp³-hybridized carbons (Fsp3) is 0. The van der Waals surface area contributed by atoms with E-state index < -0.39 is 5.97 Å². The van der Waals surface area contributed by atoms with Crippen molar-refractivity contribution in [2.45, 2.75) is 0 Å². The van der Waals surface area contributed by atoms with Crippen LogP contribution in [0.5, 0.6) is 0 Å². The van der Waals surface area contributed by atoms with Crippen molar-refractivity contribution in [2.75, 3.05) is 5.32 Å². The molecule has 0 fully saturated rings. The Bertz CT molecular complexity index is 1080. The number of carbonyl (C=O) groups is 1. The number of hydrogen-bond donors (Lipinski definition) is 2. The third-order valence-electron chi connectivity index (χ3n) is 3.55. The normalized spacial score (nSPS) is 10.9. The molecule has 4 rings (SSSR count). The lowest BCUT2D eigenvalue weighted by Gasteiger charge is -2.04. The summed E-state index contributed by atoms with van der Waals surface area (Å²) in [6.07, 6.45) is 0. The fourth-order valence-electron chi connectivity index (χ4n) is 2.43. The standard InChI is InChI=1S/C17H10ClN3O2S2/c18-10-3-1-2-9(6-10)13-7-12-15(25-13)14(17(22)23)20-21-16(12)19-11-4-5-24-8-11/h1-8H,(H,19,21)(H,22,23). The highest BCUT2D eigenvalue weighted by Gasteiger charge is 2.19. The fourth-order valence-corrected chi connectivity index (χ4v) is 4.34. The number of fused-ring (bicyclic) bond motifs is 1. The molecule has 0 aliphatic carbocycles. The maximum Gasteiger partial charge on any atom is 0.357 e. The van der Waals surface area contributed by atoms with E-state index in [2.05, 4.69) is 15.5 Å². The van der Waals surface area contributed by atoms with E-state index in [4.69, 9.17) is 11.6 Å². The molecule has 2 N–H and O–H groups in total. The van der Waals surface area contributed by atoms with Crippen LogP contribution in [0.25, 0.3) is 20.5 Å². The molecule has 5 nitrogen and oxygen atoms in total. The largest absolute Gasteiger partial charge is 0.476 e. The van der Waals surface area contributed by atoms with Crippen molar-refractivity contribution < 1.29 is 9.90 Å². The molecule has 8 heteroatoms. The first kappa shape index (κ1) is 16.0. The topological polar surface area (TPSA) is 75.1 Å². The van der Waals surface area contributed by atoms with Crippen LogP contribution in [0.2, 0.25) is 5.02 Å². The molecule has 0 bridgehead atoms. The zero-order valence-corrected chi connectivity index (χ0v) is 15.0. The van der Waals surface area contributed by atoms with Gasteiger partial charge in [-0.3, -0.25) is 0 Å². The van der Waals surface area contributed by atoms with Crippen LogP contribution in [0.3, 0.4) is 0 Å². The predicted octanol–water partition coefficient (Wildman–Crippen LogP) is 5.52. The van der Waals surface area contributed by atoms with Gasteiger partial charge in [0, 0.05) is 20.7 Å². The molecule has 0 saturated heterocycles. The second-order valence-corrected chi connectivity index (χ2v) is 7.47. The monoisotopic (exact) mass is 387 g/mol. The van der Waals surface area contributed by atoms with Gasteiger partial charge >= 0.3 is 5.97 Å². The molecular formula is C17H10ClN3O2S2. The highest BCUT2D eigenvalue weighted by molar-refractivity contribution is 7.22. The first-order chi connectivity index (χ1) is 12.1. The van der Waals surface area contributed by atoms with Gasteiger partial charge in [-0.25, -0.2) is 4.79 Å². The van der Waals surface area contributed by atoms with Gasteiger partial charge in [0.2, 0.25) is 0 Å². The molecule has 0 atom stereocenters. The summed E-state index contributed by atoms with van der Waals surface area (Å²) in [4.78, 5) is 12.4. The molecule has 124 valence electrons. The number of nitrogens with one attached hydrogen (secondary N) is 1. The van der Waals surface area contributed by atoms with Gasteiger partial charge in [0.25, 0.3) is 0 Å². The minimum absolute atomic E-state index is 0.0517. The van der Waals surface area contributed by atoms with E-state index in [0.29, 0.717) is 15.5 Å². The van der Waals surface area contributed by atoms with Gasteiger partial charge in [0.15, 0.2) is 11.5 Å². The Labute approximate surface area is 155 Å². The number of hydrogen-bond acceptors (Lipinski definition) is 6. The lowest BCUT2D eigenvalue weighted by Crippen LogP contribution is -2.04. The first-order valence-electron chi connectivity index (χ1n) is 7.20. The quantitative estimate of drug-likeness (QED) is 0.482. The summed E-state index contributed by atoms with van der Waals surface area (Å²) in [7, 11) is 0. The number of aromatic carboxylic acids is 1. The third-order valence-corrected chi connectivity index (χ3v) is 5.66. The van der Waals surface area contributed by atoms with E-state index in [1.54, 1.807) is 17.4 Å². The molecule has 0 aliphatic heterocycles. The van der Waals surface area contributed by atoms with Crippen molar-refractivity contribution in [1.29, 1.82) is 0 Å². The van der Waals surface area contributed by atoms with Gasteiger partial charge in [-0.2, -0.15) is 11.3 Å². The average molecular weight is 388 g/mol. The number of anilines is 2. The average Bonchev–Trinajstić information content (AvgIpc) is 3.24. The molecule has 3 aromatic heterocycles. The Balaban J connectivity index is 1.90.